The van der Waals surface area contributed by atoms with Crippen molar-refractivity contribution in [2.24, 2.45) is 5.73 Å². The largest absolute Gasteiger partial charge is 0.481 e. The van der Waals surface area contributed by atoms with Crippen LogP contribution in [0.15, 0.2) is 0 Å². The standard InChI is InChI=1S/C10H17F3N2O3/c1-4-15(6(2)5-7(16)17)8(18)9(3,14)10(11,12)13/h6H,4-5,14H2,1-3H3,(H,16,17). The highest BCUT2D eigenvalue weighted by molar-refractivity contribution is 5.87. The minimum absolute atomic E-state index is 0.0455. The minimum Gasteiger partial charge on any atom is -0.481 e. The molecule has 1 amide bonds. The normalized spacial score (nSPS) is 16.8. The Morgan fingerprint density at radius 1 is 1.39 bits per heavy atom. The molecule has 0 saturated heterocycles. The van der Waals surface area contributed by atoms with Gasteiger partial charge in [-0.15, -0.1) is 0 Å². The summed E-state index contributed by atoms with van der Waals surface area (Å²) >= 11 is 0. The van der Waals surface area contributed by atoms with Crippen LogP contribution < -0.4 is 5.73 Å². The van der Waals surface area contributed by atoms with E-state index >= 15 is 0 Å². The zero-order valence-electron chi connectivity index (χ0n) is 10.4. The highest BCUT2D eigenvalue weighted by Crippen LogP contribution is 2.30. The lowest BCUT2D eigenvalue weighted by Gasteiger charge is -2.35. The number of carbonyl (C=O) groups is 2. The molecule has 0 aliphatic carbocycles. The first-order chi connectivity index (χ1) is 7.95. The number of nitrogens with two attached hydrogens (primary N) is 1. The van der Waals surface area contributed by atoms with E-state index in [1.165, 1.54) is 13.8 Å². The number of rotatable bonds is 5. The van der Waals surface area contributed by atoms with Gasteiger partial charge in [0.05, 0.1) is 6.42 Å². The Kier molecular flexibility index (Phi) is 5.15. The lowest BCUT2D eigenvalue weighted by molar-refractivity contribution is -0.194. The van der Waals surface area contributed by atoms with Crippen LogP contribution in [0.1, 0.15) is 27.2 Å². The topological polar surface area (TPSA) is 83.6 Å². The second-order valence-electron chi connectivity index (χ2n) is 4.24. The third-order valence-electron chi connectivity index (χ3n) is 2.64. The summed E-state index contributed by atoms with van der Waals surface area (Å²) in [6.45, 7) is 3.35. The van der Waals surface area contributed by atoms with E-state index in [0.717, 1.165) is 4.90 Å². The van der Waals surface area contributed by atoms with Gasteiger partial charge in [-0.3, -0.25) is 9.59 Å². The Hall–Kier alpha value is -1.31. The van der Waals surface area contributed by atoms with Gasteiger partial charge in [0, 0.05) is 12.6 Å². The van der Waals surface area contributed by atoms with Gasteiger partial charge in [-0.1, -0.05) is 0 Å². The Labute approximate surface area is 103 Å². The summed E-state index contributed by atoms with van der Waals surface area (Å²) in [6, 6.07) is -0.856. The van der Waals surface area contributed by atoms with Crippen LogP contribution in [0, 0.1) is 0 Å². The number of nitrogens with zero attached hydrogens (tertiary/aromatic N) is 1. The van der Waals surface area contributed by atoms with Gasteiger partial charge in [-0.05, 0) is 20.8 Å². The van der Waals surface area contributed by atoms with E-state index in [2.05, 4.69) is 0 Å². The third-order valence-corrected chi connectivity index (χ3v) is 2.64. The number of alkyl halides is 3. The van der Waals surface area contributed by atoms with E-state index in [-0.39, 0.29) is 6.54 Å². The fraction of sp³-hybridized carbons (Fsp3) is 0.800. The van der Waals surface area contributed by atoms with Gasteiger partial charge in [0.25, 0.3) is 5.91 Å². The fourth-order valence-electron chi connectivity index (χ4n) is 1.44. The lowest BCUT2D eigenvalue weighted by Crippen LogP contribution is -2.63. The molecule has 0 radical (unpaired) electrons. The molecular formula is C10H17F3N2O3. The number of hydrogen-bond acceptors (Lipinski definition) is 3. The smallest absolute Gasteiger partial charge is 0.415 e. The number of aliphatic carboxylic acids is 1. The third kappa shape index (κ3) is 3.59. The zero-order chi connectivity index (χ0) is 14.7. The van der Waals surface area contributed by atoms with Gasteiger partial charge >= 0.3 is 12.1 Å². The molecule has 8 heteroatoms. The minimum atomic E-state index is -4.89. The molecule has 2 atom stereocenters. The number of hydrogen-bond donors (Lipinski definition) is 2. The molecule has 0 heterocycles. The van der Waals surface area contributed by atoms with Crippen LogP contribution in [0.2, 0.25) is 0 Å². The summed E-state index contributed by atoms with van der Waals surface area (Å²) in [5, 5.41) is 8.58. The highest BCUT2D eigenvalue weighted by Gasteiger charge is 2.55. The van der Waals surface area contributed by atoms with Crippen LogP contribution in [0.25, 0.3) is 0 Å². The lowest BCUT2D eigenvalue weighted by atomic mass is 9.99. The summed E-state index contributed by atoms with van der Waals surface area (Å²) in [4.78, 5) is 23.1. The number of likely N-dealkylation sites (N-methyl/N-ethyl adjacent to an activating group) is 1. The van der Waals surface area contributed by atoms with Gasteiger partial charge < -0.3 is 15.7 Å². The summed E-state index contributed by atoms with van der Waals surface area (Å²) < 4.78 is 37.9. The predicted octanol–water partition coefficient (Wildman–Crippen LogP) is 0.978. The van der Waals surface area contributed by atoms with Crippen LogP contribution >= 0.6 is 0 Å². The average molecular weight is 270 g/mol. The molecule has 5 nitrogen and oxygen atoms in total. The Morgan fingerprint density at radius 2 is 1.83 bits per heavy atom. The summed E-state index contributed by atoms with van der Waals surface area (Å²) in [7, 11) is 0. The molecule has 0 aliphatic rings. The number of carboxylic acid groups (broad SMARTS) is 1. The highest BCUT2D eigenvalue weighted by atomic mass is 19.4. The van der Waals surface area contributed by atoms with Gasteiger partial charge in [0.1, 0.15) is 0 Å². The van der Waals surface area contributed by atoms with E-state index in [1.807, 2.05) is 0 Å². The molecule has 0 aromatic rings. The summed E-state index contributed by atoms with van der Waals surface area (Å²) in [5.41, 5.74) is 2.00. The maximum atomic E-state index is 12.6. The van der Waals surface area contributed by atoms with Crippen LogP contribution in [0.3, 0.4) is 0 Å². The monoisotopic (exact) mass is 270 g/mol. The van der Waals surface area contributed by atoms with E-state index in [9.17, 15) is 22.8 Å². The van der Waals surface area contributed by atoms with Crippen LogP contribution in [-0.4, -0.2) is 46.2 Å². The van der Waals surface area contributed by atoms with Gasteiger partial charge in [-0.25, -0.2) is 0 Å². The second kappa shape index (κ2) is 5.55. The van der Waals surface area contributed by atoms with Gasteiger partial charge in [0.15, 0.2) is 5.54 Å². The van der Waals surface area contributed by atoms with E-state index in [0.29, 0.717) is 6.92 Å². The van der Waals surface area contributed by atoms with Crippen molar-refractivity contribution in [3.63, 3.8) is 0 Å². The molecule has 3 N–H and O–H groups in total. The van der Waals surface area contributed by atoms with E-state index in [1.54, 1.807) is 0 Å². The summed E-state index contributed by atoms with van der Waals surface area (Å²) in [5.74, 6) is -2.52. The van der Waals surface area contributed by atoms with Crippen molar-refractivity contribution in [1.82, 2.24) is 4.90 Å². The van der Waals surface area contributed by atoms with Crippen LogP contribution in [0.5, 0.6) is 0 Å². The first-order valence-electron chi connectivity index (χ1n) is 5.33. The second-order valence-corrected chi connectivity index (χ2v) is 4.24. The van der Waals surface area contributed by atoms with Crippen molar-refractivity contribution in [3.05, 3.63) is 0 Å². The van der Waals surface area contributed by atoms with Crippen molar-refractivity contribution in [3.8, 4) is 0 Å². The SMILES string of the molecule is CCN(C(=O)C(C)(N)C(F)(F)F)C(C)CC(=O)O. The average Bonchev–Trinajstić information content (AvgIpc) is 2.15. The molecule has 18 heavy (non-hydrogen) atoms. The molecule has 0 fully saturated rings. The number of halogens is 3. The van der Waals surface area contributed by atoms with Crippen molar-refractivity contribution in [2.45, 2.75) is 44.9 Å². The van der Waals surface area contributed by atoms with Crippen molar-refractivity contribution in [2.75, 3.05) is 6.54 Å². The summed E-state index contributed by atoms with van der Waals surface area (Å²) in [6.07, 6.45) is -5.33. The molecule has 0 rings (SSSR count). The number of amides is 1. The van der Waals surface area contributed by atoms with Crippen molar-refractivity contribution >= 4 is 11.9 Å². The van der Waals surface area contributed by atoms with Gasteiger partial charge in [-0.2, -0.15) is 13.2 Å². The van der Waals surface area contributed by atoms with Crippen molar-refractivity contribution < 1.29 is 27.9 Å². The van der Waals surface area contributed by atoms with E-state index < -0.39 is 36.1 Å². The molecule has 0 aliphatic heterocycles. The van der Waals surface area contributed by atoms with Crippen LogP contribution in [-0.2, 0) is 9.59 Å². The Balaban J connectivity index is 5.09. The quantitative estimate of drug-likeness (QED) is 0.780. The number of carboxylic acids is 1. The molecule has 106 valence electrons. The zero-order valence-corrected chi connectivity index (χ0v) is 10.4. The Morgan fingerprint density at radius 3 is 2.11 bits per heavy atom. The maximum Gasteiger partial charge on any atom is 0.415 e. The maximum absolute atomic E-state index is 12.6. The molecular weight excluding hydrogens is 253 g/mol. The van der Waals surface area contributed by atoms with Crippen molar-refractivity contribution in [1.29, 1.82) is 0 Å². The van der Waals surface area contributed by atoms with Gasteiger partial charge in [0.2, 0.25) is 0 Å². The molecule has 0 bridgehead atoms. The first kappa shape index (κ1) is 16.7. The molecule has 0 aromatic carbocycles. The Bertz CT molecular complexity index is 329. The predicted molar refractivity (Wildman–Crippen MR) is 57.7 cm³/mol. The molecule has 0 saturated carbocycles. The fourth-order valence-corrected chi connectivity index (χ4v) is 1.44. The molecule has 0 aromatic heterocycles. The van der Waals surface area contributed by atoms with Crippen LogP contribution in [0.4, 0.5) is 13.2 Å². The molecule has 0 spiro atoms. The number of carbonyl (C=O) groups excluding carboxylic acids is 1. The molecule has 2 unspecified atom stereocenters. The van der Waals surface area contributed by atoms with E-state index in [4.69, 9.17) is 10.8 Å². The first-order valence-corrected chi connectivity index (χ1v) is 5.33.